The number of aryl methyl sites for hydroxylation is 1. The summed E-state index contributed by atoms with van der Waals surface area (Å²) in [5.41, 5.74) is 1.35. The van der Waals surface area contributed by atoms with Gasteiger partial charge in [0.1, 0.15) is 5.00 Å². The van der Waals surface area contributed by atoms with Crippen LogP contribution in [0.2, 0.25) is 0 Å². The Bertz CT molecular complexity index is 504. The molecule has 19 heavy (non-hydrogen) atoms. The van der Waals surface area contributed by atoms with Crippen molar-refractivity contribution < 1.29 is 14.3 Å². The maximum Gasteiger partial charge on any atom is 0.341 e. The van der Waals surface area contributed by atoms with Crippen molar-refractivity contribution in [2.75, 3.05) is 25.5 Å². The lowest BCUT2D eigenvalue weighted by molar-refractivity contribution is -0.119. The van der Waals surface area contributed by atoms with Gasteiger partial charge in [-0.1, -0.05) is 0 Å². The zero-order valence-corrected chi connectivity index (χ0v) is 12.1. The summed E-state index contributed by atoms with van der Waals surface area (Å²) < 4.78 is 4.78. The third-order valence-corrected chi connectivity index (χ3v) is 4.57. The molecule has 1 saturated heterocycles. The molecule has 1 atom stereocenters. The van der Waals surface area contributed by atoms with Crippen molar-refractivity contribution in [3.8, 4) is 0 Å². The number of ether oxygens (including phenoxy) is 1. The fraction of sp³-hybridized carbons (Fsp3) is 0.538. The summed E-state index contributed by atoms with van der Waals surface area (Å²) >= 11 is 1.42. The highest BCUT2D eigenvalue weighted by Gasteiger charge is 2.26. The predicted molar refractivity (Wildman–Crippen MR) is 74.7 cm³/mol. The molecule has 0 spiro atoms. The predicted octanol–water partition coefficient (Wildman–Crippen LogP) is 1.70. The Balaban J connectivity index is 2.22. The minimum absolute atomic E-state index is 0.0202. The van der Waals surface area contributed by atoms with Gasteiger partial charge >= 0.3 is 5.97 Å². The zero-order chi connectivity index (χ0) is 14.0. The molecule has 0 saturated carbocycles. The Labute approximate surface area is 116 Å². The number of methoxy groups -OCH3 is 1. The number of nitrogens with one attached hydrogen (secondary N) is 2. The molecule has 1 aromatic heterocycles. The van der Waals surface area contributed by atoms with Gasteiger partial charge in [-0.2, -0.15) is 0 Å². The molecule has 0 radical (unpaired) electrons. The first-order chi connectivity index (χ1) is 9.04. The van der Waals surface area contributed by atoms with Crippen LogP contribution in [0.5, 0.6) is 0 Å². The van der Waals surface area contributed by atoms with Gasteiger partial charge in [0.25, 0.3) is 0 Å². The van der Waals surface area contributed by atoms with Crippen LogP contribution in [0.1, 0.15) is 27.2 Å². The van der Waals surface area contributed by atoms with Crippen LogP contribution < -0.4 is 10.6 Å². The van der Waals surface area contributed by atoms with Crippen LogP contribution in [-0.2, 0) is 9.53 Å². The van der Waals surface area contributed by atoms with Gasteiger partial charge in [-0.05, 0) is 32.4 Å². The van der Waals surface area contributed by atoms with Crippen LogP contribution in [0.3, 0.4) is 0 Å². The quantitative estimate of drug-likeness (QED) is 0.828. The van der Waals surface area contributed by atoms with E-state index in [1.165, 1.54) is 18.4 Å². The van der Waals surface area contributed by atoms with E-state index >= 15 is 0 Å². The van der Waals surface area contributed by atoms with Crippen LogP contribution >= 0.6 is 11.3 Å². The minimum Gasteiger partial charge on any atom is -0.465 e. The first kappa shape index (κ1) is 14.0. The van der Waals surface area contributed by atoms with E-state index in [0.717, 1.165) is 23.4 Å². The molecule has 2 heterocycles. The summed E-state index contributed by atoms with van der Waals surface area (Å²) in [6.07, 6.45) is 0.836. The minimum atomic E-state index is -0.401. The largest absolute Gasteiger partial charge is 0.465 e. The molecule has 0 bridgehead atoms. The van der Waals surface area contributed by atoms with Crippen molar-refractivity contribution in [3.05, 3.63) is 16.0 Å². The summed E-state index contributed by atoms with van der Waals surface area (Å²) in [5.74, 6) is -0.452. The Hall–Kier alpha value is -1.40. The number of esters is 1. The molecule has 0 aromatic carbocycles. The van der Waals surface area contributed by atoms with E-state index in [9.17, 15) is 9.59 Å². The summed E-state index contributed by atoms with van der Waals surface area (Å²) in [4.78, 5) is 24.9. The third-order valence-electron chi connectivity index (χ3n) is 3.44. The molecule has 1 aliphatic rings. The number of carbonyl (C=O) groups is 2. The van der Waals surface area contributed by atoms with E-state index in [1.54, 1.807) is 0 Å². The van der Waals surface area contributed by atoms with Crippen molar-refractivity contribution in [2.45, 2.75) is 20.3 Å². The summed E-state index contributed by atoms with van der Waals surface area (Å²) in [6.45, 7) is 5.36. The Morgan fingerprint density at radius 3 is 2.74 bits per heavy atom. The number of carbonyl (C=O) groups excluding carboxylic acids is 2. The molecule has 104 valence electrons. The fourth-order valence-electron chi connectivity index (χ4n) is 2.16. The smallest absolute Gasteiger partial charge is 0.341 e. The van der Waals surface area contributed by atoms with E-state index in [2.05, 4.69) is 10.6 Å². The van der Waals surface area contributed by atoms with Crippen LogP contribution in [0.25, 0.3) is 0 Å². The molecule has 6 heteroatoms. The fourth-order valence-corrected chi connectivity index (χ4v) is 3.21. The van der Waals surface area contributed by atoms with E-state index in [0.29, 0.717) is 17.1 Å². The van der Waals surface area contributed by atoms with Gasteiger partial charge in [0.2, 0.25) is 5.91 Å². The standard InChI is InChI=1S/C13H18N2O3S/c1-7-8(2)19-12(10(7)13(17)18-3)15-11(16)9-4-5-14-6-9/h9,14H,4-6H2,1-3H3,(H,15,16). The number of hydrogen-bond donors (Lipinski definition) is 2. The van der Waals surface area contributed by atoms with Crippen molar-refractivity contribution in [2.24, 2.45) is 5.92 Å². The van der Waals surface area contributed by atoms with E-state index in [4.69, 9.17) is 4.74 Å². The Morgan fingerprint density at radius 2 is 2.16 bits per heavy atom. The highest BCUT2D eigenvalue weighted by Crippen LogP contribution is 2.33. The second kappa shape index (κ2) is 5.71. The first-order valence-electron chi connectivity index (χ1n) is 6.24. The summed E-state index contributed by atoms with van der Waals surface area (Å²) in [7, 11) is 1.35. The molecule has 1 fully saturated rings. The number of thiophene rings is 1. The van der Waals surface area contributed by atoms with Crippen LogP contribution in [0.4, 0.5) is 5.00 Å². The lowest BCUT2D eigenvalue weighted by atomic mass is 10.1. The van der Waals surface area contributed by atoms with Gasteiger partial charge in [-0.3, -0.25) is 4.79 Å². The van der Waals surface area contributed by atoms with Crippen molar-refractivity contribution in [1.82, 2.24) is 5.32 Å². The lowest BCUT2D eigenvalue weighted by Crippen LogP contribution is -2.25. The monoisotopic (exact) mass is 282 g/mol. The van der Waals surface area contributed by atoms with Gasteiger partial charge in [-0.25, -0.2) is 4.79 Å². The van der Waals surface area contributed by atoms with Gasteiger partial charge in [0.05, 0.1) is 18.6 Å². The Morgan fingerprint density at radius 1 is 1.42 bits per heavy atom. The van der Waals surface area contributed by atoms with E-state index in [1.807, 2.05) is 13.8 Å². The molecule has 5 nitrogen and oxygen atoms in total. The molecule has 1 aromatic rings. The van der Waals surface area contributed by atoms with Crippen molar-refractivity contribution in [1.29, 1.82) is 0 Å². The normalized spacial score (nSPS) is 18.4. The average Bonchev–Trinajstić information content (AvgIpc) is 2.99. The third kappa shape index (κ3) is 2.79. The topological polar surface area (TPSA) is 67.4 Å². The molecule has 1 aliphatic heterocycles. The summed E-state index contributed by atoms with van der Waals surface area (Å²) in [6, 6.07) is 0. The van der Waals surface area contributed by atoms with Gasteiger partial charge in [0.15, 0.2) is 0 Å². The molecule has 0 aliphatic carbocycles. The van der Waals surface area contributed by atoms with Crippen LogP contribution in [-0.4, -0.2) is 32.1 Å². The second-order valence-corrected chi connectivity index (χ2v) is 5.88. The highest BCUT2D eigenvalue weighted by atomic mass is 32.1. The van der Waals surface area contributed by atoms with E-state index in [-0.39, 0.29) is 11.8 Å². The molecular formula is C13H18N2O3S. The number of hydrogen-bond acceptors (Lipinski definition) is 5. The number of amides is 1. The van der Waals surface area contributed by atoms with Gasteiger partial charge in [-0.15, -0.1) is 11.3 Å². The van der Waals surface area contributed by atoms with Crippen molar-refractivity contribution >= 4 is 28.2 Å². The maximum absolute atomic E-state index is 12.1. The van der Waals surface area contributed by atoms with Crippen LogP contribution in [0, 0.1) is 19.8 Å². The van der Waals surface area contributed by atoms with E-state index < -0.39 is 5.97 Å². The zero-order valence-electron chi connectivity index (χ0n) is 11.3. The molecule has 1 amide bonds. The molecular weight excluding hydrogens is 264 g/mol. The van der Waals surface area contributed by atoms with Gasteiger partial charge < -0.3 is 15.4 Å². The Kier molecular flexibility index (Phi) is 4.21. The molecule has 2 N–H and O–H groups in total. The highest BCUT2D eigenvalue weighted by molar-refractivity contribution is 7.16. The van der Waals surface area contributed by atoms with Crippen molar-refractivity contribution in [3.63, 3.8) is 0 Å². The average molecular weight is 282 g/mol. The lowest BCUT2D eigenvalue weighted by Gasteiger charge is -2.09. The molecule has 2 rings (SSSR count). The van der Waals surface area contributed by atoms with Gasteiger partial charge in [0, 0.05) is 11.4 Å². The SMILES string of the molecule is COC(=O)c1c(NC(=O)C2CCNC2)sc(C)c1C. The first-order valence-corrected chi connectivity index (χ1v) is 7.06. The van der Waals surface area contributed by atoms with Crippen LogP contribution in [0.15, 0.2) is 0 Å². The second-order valence-electron chi connectivity index (χ2n) is 4.66. The number of rotatable bonds is 3. The number of anilines is 1. The molecule has 1 unspecified atom stereocenters. The maximum atomic E-state index is 12.1. The summed E-state index contributed by atoms with van der Waals surface area (Å²) in [5, 5.41) is 6.62.